The number of hydrogen-bond acceptors (Lipinski definition) is 2. The predicted molar refractivity (Wildman–Crippen MR) is 102 cm³/mol. The molecule has 0 N–H and O–H groups in total. The number of halogens is 1. The monoisotopic (exact) mass is 356 g/mol. The number of piperidine rings is 1. The summed E-state index contributed by atoms with van der Waals surface area (Å²) in [6.45, 7) is 3.80. The van der Waals surface area contributed by atoms with Crippen molar-refractivity contribution in [3.63, 3.8) is 0 Å². The SMILES string of the molecule is O=C(C1=CCC=C(C=C2CCN(C3CCC3)CC2)C(F)=C1)N1CCCC1. The van der Waals surface area contributed by atoms with Gasteiger partial charge < -0.3 is 4.90 Å². The zero-order chi connectivity index (χ0) is 17.9. The molecule has 0 aromatic carbocycles. The fraction of sp³-hybridized carbons (Fsp3) is 0.591. The Morgan fingerprint density at radius 3 is 2.42 bits per heavy atom. The molecule has 2 aliphatic heterocycles. The Labute approximate surface area is 155 Å². The van der Waals surface area contributed by atoms with Crippen LogP contribution in [0.15, 0.2) is 46.9 Å². The van der Waals surface area contributed by atoms with Crippen molar-refractivity contribution in [3.05, 3.63) is 46.9 Å². The van der Waals surface area contributed by atoms with Crippen molar-refractivity contribution in [3.8, 4) is 0 Å². The molecular weight excluding hydrogens is 327 g/mol. The highest BCUT2D eigenvalue weighted by Gasteiger charge is 2.27. The molecule has 4 aliphatic rings. The van der Waals surface area contributed by atoms with Crippen LogP contribution in [0, 0.1) is 0 Å². The number of carbonyl (C=O) groups is 1. The lowest BCUT2D eigenvalue weighted by Gasteiger charge is -2.40. The first-order valence-corrected chi connectivity index (χ1v) is 10.2. The van der Waals surface area contributed by atoms with E-state index in [1.807, 2.05) is 23.1 Å². The zero-order valence-electron chi connectivity index (χ0n) is 15.6. The lowest BCUT2D eigenvalue weighted by Crippen LogP contribution is -2.43. The number of hydrogen-bond donors (Lipinski definition) is 0. The summed E-state index contributed by atoms with van der Waals surface area (Å²) in [5, 5.41) is 0. The lowest BCUT2D eigenvalue weighted by molar-refractivity contribution is -0.125. The lowest BCUT2D eigenvalue weighted by atomic mass is 9.89. The Morgan fingerprint density at radius 2 is 1.77 bits per heavy atom. The second-order valence-corrected chi connectivity index (χ2v) is 7.97. The molecule has 0 atom stereocenters. The maximum absolute atomic E-state index is 14.8. The van der Waals surface area contributed by atoms with Gasteiger partial charge in [-0.15, -0.1) is 0 Å². The van der Waals surface area contributed by atoms with Gasteiger partial charge in [-0.2, -0.15) is 0 Å². The highest BCUT2D eigenvalue weighted by atomic mass is 19.1. The third-order valence-electron chi connectivity index (χ3n) is 6.26. The van der Waals surface area contributed by atoms with Gasteiger partial charge >= 0.3 is 0 Å². The summed E-state index contributed by atoms with van der Waals surface area (Å²) in [5.74, 6) is -0.288. The van der Waals surface area contributed by atoms with Crippen LogP contribution < -0.4 is 0 Å². The van der Waals surface area contributed by atoms with Crippen molar-refractivity contribution in [2.24, 2.45) is 0 Å². The first kappa shape index (κ1) is 17.7. The van der Waals surface area contributed by atoms with E-state index in [0.717, 1.165) is 57.9 Å². The van der Waals surface area contributed by atoms with Crippen molar-refractivity contribution >= 4 is 5.91 Å². The fourth-order valence-electron chi connectivity index (χ4n) is 4.36. The van der Waals surface area contributed by atoms with E-state index in [4.69, 9.17) is 0 Å². The molecular formula is C22H29FN2O. The first-order valence-electron chi connectivity index (χ1n) is 10.2. The van der Waals surface area contributed by atoms with E-state index in [0.29, 0.717) is 17.6 Å². The summed E-state index contributed by atoms with van der Waals surface area (Å²) in [6.07, 6.45) is 16.1. The van der Waals surface area contributed by atoms with Crippen LogP contribution in [0.1, 0.15) is 51.4 Å². The van der Waals surface area contributed by atoms with Crippen LogP contribution in [0.5, 0.6) is 0 Å². The van der Waals surface area contributed by atoms with E-state index in [-0.39, 0.29) is 11.7 Å². The van der Waals surface area contributed by atoms with Gasteiger partial charge in [0.05, 0.1) is 0 Å². The van der Waals surface area contributed by atoms with Crippen molar-refractivity contribution in [1.29, 1.82) is 0 Å². The molecule has 2 heterocycles. The Hall–Kier alpha value is -1.68. The van der Waals surface area contributed by atoms with E-state index >= 15 is 0 Å². The molecule has 3 nitrogen and oxygen atoms in total. The maximum Gasteiger partial charge on any atom is 0.253 e. The molecule has 1 saturated carbocycles. The Bertz CT molecular complexity index is 668. The summed E-state index contributed by atoms with van der Waals surface area (Å²) in [6, 6.07) is 0.800. The van der Waals surface area contributed by atoms with Crippen LogP contribution in [0.3, 0.4) is 0 Å². The minimum Gasteiger partial charge on any atom is -0.339 e. The predicted octanol–water partition coefficient (Wildman–Crippen LogP) is 4.29. The van der Waals surface area contributed by atoms with E-state index < -0.39 is 0 Å². The van der Waals surface area contributed by atoms with Crippen LogP contribution in [0.25, 0.3) is 0 Å². The van der Waals surface area contributed by atoms with Crippen LogP contribution >= 0.6 is 0 Å². The minimum absolute atomic E-state index is 0.0197. The van der Waals surface area contributed by atoms with E-state index in [9.17, 15) is 9.18 Å². The van der Waals surface area contributed by atoms with Crippen molar-refractivity contribution in [2.45, 2.75) is 57.4 Å². The summed E-state index contributed by atoms with van der Waals surface area (Å²) < 4.78 is 14.8. The Morgan fingerprint density at radius 1 is 1.04 bits per heavy atom. The van der Waals surface area contributed by atoms with Gasteiger partial charge in [-0.1, -0.05) is 30.2 Å². The molecule has 3 fully saturated rings. The molecule has 0 aromatic heterocycles. The second kappa shape index (κ2) is 7.91. The van der Waals surface area contributed by atoms with Gasteiger partial charge in [0.1, 0.15) is 5.83 Å². The molecule has 4 heteroatoms. The largest absolute Gasteiger partial charge is 0.339 e. The summed E-state index contributed by atoms with van der Waals surface area (Å²) in [7, 11) is 0. The average molecular weight is 356 g/mol. The van der Waals surface area contributed by atoms with Gasteiger partial charge in [0, 0.05) is 43.4 Å². The summed E-state index contributed by atoms with van der Waals surface area (Å²) >= 11 is 0. The molecule has 1 amide bonds. The van der Waals surface area contributed by atoms with Crippen molar-refractivity contribution in [1.82, 2.24) is 9.80 Å². The highest BCUT2D eigenvalue weighted by molar-refractivity contribution is 5.96. The smallest absolute Gasteiger partial charge is 0.253 e. The first-order chi connectivity index (χ1) is 12.7. The molecule has 2 saturated heterocycles. The third kappa shape index (κ3) is 3.85. The van der Waals surface area contributed by atoms with Crippen LogP contribution in [0.4, 0.5) is 4.39 Å². The van der Waals surface area contributed by atoms with E-state index in [1.54, 1.807) is 0 Å². The molecule has 4 rings (SSSR count). The standard InChI is InChI=1S/C22H29FN2O/c23-21-16-19(22(26)25-11-1-2-12-25)6-3-5-18(21)15-17-9-13-24(14-10-17)20-7-4-8-20/h5-6,15-16,20H,1-4,7-14H2. The number of carbonyl (C=O) groups excluding carboxylic acids is 1. The average Bonchev–Trinajstić information content (AvgIpc) is 3.07. The van der Waals surface area contributed by atoms with E-state index in [2.05, 4.69) is 4.90 Å². The molecule has 0 bridgehead atoms. The van der Waals surface area contributed by atoms with Gasteiger partial charge in [0.15, 0.2) is 0 Å². The fourth-order valence-corrected chi connectivity index (χ4v) is 4.36. The quantitative estimate of drug-likeness (QED) is 0.753. The van der Waals surface area contributed by atoms with Crippen LogP contribution in [-0.4, -0.2) is 47.9 Å². The summed E-state index contributed by atoms with van der Waals surface area (Å²) in [4.78, 5) is 17.0. The van der Waals surface area contributed by atoms with Crippen molar-refractivity contribution in [2.75, 3.05) is 26.2 Å². The van der Waals surface area contributed by atoms with Gasteiger partial charge in [0.2, 0.25) is 0 Å². The van der Waals surface area contributed by atoms with Gasteiger partial charge in [-0.25, -0.2) is 4.39 Å². The maximum atomic E-state index is 14.8. The molecule has 26 heavy (non-hydrogen) atoms. The molecule has 2 aliphatic carbocycles. The van der Waals surface area contributed by atoms with E-state index in [1.165, 1.54) is 30.9 Å². The topological polar surface area (TPSA) is 23.6 Å². The minimum atomic E-state index is -0.268. The molecule has 140 valence electrons. The third-order valence-corrected chi connectivity index (χ3v) is 6.26. The second-order valence-electron chi connectivity index (χ2n) is 7.97. The molecule has 0 radical (unpaired) electrons. The highest BCUT2D eigenvalue weighted by Crippen LogP contribution is 2.30. The number of likely N-dealkylation sites (tertiary alicyclic amines) is 2. The molecule has 0 unspecified atom stereocenters. The number of rotatable bonds is 3. The van der Waals surface area contributed by atoms with Crippen LogP contribution in [-0.2, 0) is 4.79 Å². The normalized spacial score (nSPS) is 25.2. The van der Waals surface area contributed by atoms with Crippen LogP contribution in [0.2, 0.25) is 0 Å². The number of allylic oxidation sites excluding steroid dienone is 5. The van der Waals surface area contributed by atoms with Gasteiger partial charge in [-0.3, -0.25) is 9.69 Å². The van der Waals surface area contributed by atoms with Gasteiger partial charge in [-0.05, 0) is 51.0 Å². The van der Waals surface area contributed by atoms with Crippen molar-refractivity contribution < 1.29 is 9.18 Å². The number of nitrogens with zero attached hydrogens (tertiary/aromatic N) is 2. The zero-order valence-corrected chi connectivity index (χ0v) is 15.6. The Kier molecular flexibility index (Phi) is 5.39. The van der Waals surface area contributed by atoms with Gasteiger partial charge in [0.25, 0.3) is 5.91 Å². The molecule has 0 aromatic rings. The molecule has 0 spiro atoms. The Balaban J connectivity index is 1.39. The number of amides is 1. The summed E-state index contributed by atoms with van der Waals surface area (Å²) in [5.41, 5.74) is 2.50.